The Kier molecular flexibility index (Phi) is 5.24. The van der Waals surface area contributed by atoms with Gasteiger partial charge in [-0.2, -0.15) is 13.9 Å². The predicted molar refractivity (Wildman–Crippen MR) is 121 cm³/mol. The molecule has 0 radical (unpaired) electrons. The van der Waals surface area contributed by atoms with E-state index in [1.54, 1.807) is 18.5 Å². The van der Waals surface area contributed by atoms with Crippen molar-refractivity contribution in [1.29, 1.82) is 0 Å². The van der Waals surface area contributed by atoms with E-state index in [0.717, 1.165) is 56.0 Å². The monoisotopic (exact) mass is 468 g/mol. The third kappa shape index (κ3) is 4.50. The molecule has 2 saturated heterocycles. The molecule has 3 N–H and O–H groups in total. The van der Waals surface area contributed by atoms with Crippen LogP contribution in [-0.2, 0) is 4.74 Å². The van der Waals surface area contributed by atoms with Gasteiger partial charge in [0.15, 0.2) is 5.75 Å². The number of dihydropyridines is 1. The second kappa shape index (κ2) is 8.43. The molecule has 34 heavy (non-hydrogen) atoms. The summed E-state index contributed by atoms with van der Waals surface area (Å²) in [4.78, 5) is 4.38. The van der Waals surface area contributed by atoms with Crippen molar-refractivity contribution in [3.8, 4) is 11.5 Å². The van der Waals surface area contributed by atoms with Gasteiger partial charge in [0.2, 0.25) is 0 Å². The van der Waals surface area contributed by atoms with Crippen molar-refractivity contribution in [1.82, 2.24) is 25.4 Å². The molecular weight excluding hydrogens is 442 g/mol. The van der Waals surface area contributed by atoms with Gasteiger partial charge in [-0.05, 0) is 43.9 Å². The molecule has 0 bridgehead atoms. The lowest BCUT2D eigenvalue weighted by molar-refractivity contribution is -0.0690. The Labute approximate surface area is 195 Å². The Morgan fingerprint density at radius 2 is 2.03 bits per heavy atom. The molecule has 4 aliphatic rings. The lowest BCUT2D eigenvalue weighted by Crippen LogP contribution is -2.49. The maximum atomic E-state index is 13.1. The minimum Gasteiger partial charge on any atom is -0.454 e. The Morgan fingerprint density at radius 3 is 2.79 bits per heavy atom. The standard InChI is InChI=1S/C24H26F2N6O2/c25-24(26)13-20(30-24)19-11-16(3-7-27-19)29-22-12-18(4-8-28-22)34-21-14-32(17-1-2-17)31-23(21)15-5-9-33-10-6-15/h3-4,7-8,11-12,14-15,17,27,30H,1-2,5-6,9-10,13H2,(H,28,29). The van der Waals surface area contributed by atoms with Crippen LogP contribution in [0.3, 0.4) is 0 Å². The van der Waals surface area contributed by atoms with Gasteiger partial charge in [-0.25, -0.2) is 4.98 Å². The molecule has 0 unspecified atom stereocenters. The van der Waals surface area contributed by atoms with Gasteiger partial charge in [0.25, 0.3) is 0 Å². The van der Waals surface area contributed by atoms with Gasteiger partial charge in [0.1, 0.15) is 17.3 Å². The Hall–Kier alpha value is -3.40. The molecule has 8 nitrogen and oxygen atoms in total. The van der Waals surface area contributed by atoms with Crippen molar-refractivity contribution < 1.29 is 18.3 Å². The molecule has 2 aromatic heterocycles. The maximum absolute atomic E-state index is 13.1. The molecule has 0 atom stereocenters. The van der Waals surface area contributed by atoms with Crippen molar-refractivity contribution in [2.24, 2.45) is 0 Å². The maximum Gasteiger partial charge on any atom is 0.328 e. The summed E-state index contributed by atoms with van der Waals surface area (Å²) in [7, 11) is 0. The van der Waals surface area contributed by atoms with Gasteiger partial charge in [0, 0.05) is 49.0 Å². The summed E-state index contributed by atoms with van der Waals surface area (Å²) in [6.45, 7) is 1.49. The summed E-state index contributed by atoms with van der Waals surface area (Å²) >= 11 is 0. The average molecular weight is 469 g/mol. The molecule has 1 aliphatic carbocycles. The fraction of sp³-hybridized carbons (Fsp3) is 0.417. The molecule has 2 aromatic rings. The van der Waals surface area contributed by atoms with Crippen molar-refractivity contribution in [3.63, 3.8) is 0 Å². The minimum atomic E-state index is -2.84. The lowest BCUT2D eigenvalue weighted by atomic mass is 9.96. The molecule has 0 aromatic carbocycles. The predicted octanol–water partition coefficient (Wildman–Crippen LogP) is 4.51. The van der Waals surface area contributed by atoms with Gasteiger partial charge in [0.05, 0.1) is 24.4 Å². The van der Waals surface area contributed by atoms with E-state index in [1.807, 2.05) is 29.1 Å². The van der Waals surface area contributed by atoms with Crippen molar-refractivity contribution in [2.45, 2.75) is 50.1 Å². The van der Waals surface area contributed by atoms with E-state index in [1.165, 1.54) is 0 Å². The highest BCUT2D eigenvalue weighted by Crippen LogP contribution is 2.40. The fourth-order valence-electron chi connectivity index (χ4n) is 4.37. The van der Waals surface area contributed by atoms with Crippen LogP contribution >= 0.6 is 0 Å². The van der Waals surface area contributed by atoms with Crippen molar-refractivity contribution in [3.05, 3.63) is 65.7 Å². The average Bonchev–Trinajstić information content (AvgIpc) is 3.59. The van der Waals surface area contributed by atoms with Crippen LogP contribution in [-0.4, -0.2) is 34.0 Å². The number of alkyl halides is 2. The molecule has 3 fully saturated rings. The quantitative estimate of drug-likeness (QED) is 0.538. The van der Waals surface area contributed by atoms with E-state index in [4.69, 9.17) is 14.6 Å². The fourth-order valence-corrected chi connectivity index (χ4v) is 4.37. The Morgan fingerprint density at radius 1 is 1.21 bits per heavy atom. The van der Waals surface area contributed by atoms with Crippen LogP contribution in [0.5, 0.6) is 11.5 Å². The van der Waals surface area contributed by atoms with E-state index >= 15 is 0 Å². The molecule has 0 amide bonds. The van der Waals surface area contributed by atoms with E-state index in [-0.39, 0.29) is 6.42 Å². The zero-order valence-electron chi connectivity index (χ0n) is 18.6. The largest absolute Gasteiger partial charge is 0.454 e. The van der Waals surface area contributed by atoms with Crippen LogP contribution in [0.2, 0.25) is 0 Å². The number of pyridine rings is 1. The summed E-state index contributed by atoms with van der Waals surface area (Å²) in [5.74, 6) is 2.35. The highest BCUT2D eigenvalue weighted by Gasteiger charge is 2.42. The molecule has 5 heterocycles. The van der Waals surface area contributed by atoms with Crippen molar-refractivity contribution in [2.75, 3.05) is 18.5 Å². The smallest absolute Gasteiger partial charge is 0.328 e. The number of nitrogens with one attached hydrogen (secondary N) is 3. The number of ether oxygens (including phenoxy) is 2. The van der Waals surface area contributed by atoms with E-state index in [2.05, 4.69) is 20.9 Å². The summed E-state index contributed by atoms with van der Waals surface area (Å²) in [6.07, 6.45) is 12.9. The third-order valence-corrected chi connectivity index (χ3v) is 6.35. The SMILES string of the molecule is FC1(F)CC(=C2C=C(Nc3cc(Oc4cn(C5CC5)nc4C4CCOCC4)ccn3)C=CN2)N1. The first-order chi connectivity index (χ1) is 16.5. The minimum absolute atomic E-state index is 0.307. The zero-order valence-corrected chi connectivity index (χ0v) is 18.6. The molecule has 6 rings (SSSR count). The Bertz CT molecular complexity index is 1170. The summed E-state index contributed by atoms with van der Waals surface area (Å²) in [5, 5.41) is 13.3. The van der Waals surface area contributed by atoms with Gasteiger partial charge >= 0.3 is 6.05 Å². The first kappa shape index (κ1) is 21.2. The van der Waals surface area contributed by atoms with Gasteiger partial charge in [-0.15, -0.1) is 0 Å². The molecule has 178 valence electrons. The number of hydrogen-bond acceptors (Lipinski definition) is 7. The number of rotatable bonds is 6. The summed E-state index contributed by atoms with van der Waals surface area (Å²) in [6, 6.07) is 1.27. The number of anilines is 1. The molecular formula is C24H26F2N6O2. The van der Waals surface area contributed by atoms with E-state index < -0.39 is 6.05 Å². The van der Waals surface area contributed by atoms with E-state index in [9.17, 15) is 8.78 Å². The van der Waals surface area contributed by atoms with Crippen LogP contribution in [0.25, 0.3) is 0 Å². The van der Waals surface area contributed by atoms with Gasteiger partial charge < -0.3 is 25.4 Å². The molecule has 0 spiro atoms. The summed E-state index contributed by atoms with van der Waals surface area (Å²) in [5.41, 5.74) is 2.81. The highest BCUT2D eigenvalue weighted by molar-refractivity contribution is 5.52. The molecule has 10 heteroatoms. The number of aromatic nitrogens is 3. The number of halogens is 2. The number of allylic oxidation sites excluding steroid dienone is 2. The van der Waals surface area contributed by atoms with Crippen LogP contribution in [0.1, 0.15) is 49.8 Å². The normalized spacial score (nSPS) is 24.0. The van der Waals surface area contributed by atoms with Crippen molar-refractivity contribution >= 4 is 5.82 Å². The lowest BCUT2D eigenvalue weighted by Gasteiger charge is -2.33. The molecule has 3 aliphatic heterocycles. The first-order valence-corrected chi connectivity index (χ1v) is 11.6. The van der Waals surface area contributed by atoms with Crippen LogP contribution in [0.4, 0.5) is 14.6 Å². The Balaban J connectivity index is 1.20. The second-order valence-electron chi connectivity index (χ2n) is 9.06. The zero-order chi connectivity index (χ0) is 23.1. The van der Waals surface area contributed by atoms with E-state index in [0.29, 0.717) is 34.9 Å². The molecule has 1 saturated carbocycles. The van der Waals surface area contributed by atoms with Crippen LogP contribution in [0, 0.1) is 0 Å². The van der Waals surface area contributed by atoms with Gasteiger partial charge in [-0.3, -0.25) is 4.68 Å². The van der Waals surface area contributed by atoms with Gasteiger partial charge in [-0.1, -0.05) is 0 Å². The summed E-state index contributed by atoms with van der Waals surface area (Å²) < 4.78 is 40.2. The second-order valence-corrected chi connectivity index (χ2v) is 9.06. The topological polar surface area (TPSA) is 85.3 Å². The highest BCUT2D eigenvalue weighted by atomic mass is 19.3. The number of hydrogen-bond donors (Lipinski definition) is 3. The number of nitrogens with zero attached hydrogens (tertiary/aromatic N) is 3. The van der Waals surface area contributed by atoms with Crippen LogP contribution in [0.15, 0.2) is 60.0 Å². The van der Waals surface area contributed by atoms with Crippen LogP contribution < -0.4 is 20.7 Å². The third-order valence-electron chi connectivity index (χ3n) is 6.35. The first-order valence-electron chi connectivity index (χ1n) is 11.6.